The molecule has 3 rings (SSSR count). The summed E-state index contributed by atoms with van der Waals surface area (Å²) in [6.07, 6.45) is 7.01. The summed E-state index contributed by atoms with van der Waals surface area (Å²) in [5, 5.41) is 3.68. The first-order chi connectivity index (χ1) is 9.53. The molecule has 2 aliphatic rings. The zero-order valence-corrected chi connectivity index (χ0v) is 13.3. The van der Waals surface area contributed by atoms with Crippen molar-refractivity contribution >= 4 is 0 Å². The normalized spacial score (nSPS) is 26.9. The third-order valence-corrected chi connectivity index (χ3v) is 5.23. The molecule has 1 nitrogen and oxygen atoms in total. The number of benzene rings is 1. The van der Waals surface area contributed by atoms with Crippen LogP contribution in [0.1, 0.15) is 75.8 Å². The monoisotopic (exact) mass is 271 g/mol. The van der Waals surface area contributed by atoms with Crippen molar-refractivity contribution in [2.24, 2.45) is 5.92 Å². The molecule has 1 aromatic carbocycles. The Labute approximate surface area is 124 Å². The second kappa shape index (κ2) is 5.52. The first-order valence-corrected chi connectivity index (χ1v) is 8.38. The summed E-state index contributed by atoms with van der Waals surface area (Å²) in [5.41, 5.74) is 3.44. The molecule has 0 bridgehead atoms. The third kappa shape index (κ3) is 3.09. The molecule has 0 radical (unpaired) electrons. The van der Waals surface area contributed by atoms with Gasteiger partial charge in [0.1, 0.15) is 0 Å². The molecule has 1 heteroatoms. The van der Waals surface area contributed by atoms with Crippen LogP contribution in [0.25, 0.3) is 0 Å². The van der Waals surface area contributed by atoms with Gasteiger partial charge >= 0.3 is 0 Å². The maximum Gasteiger partial charge on any atom is 0.00966 e. The smallest absolute Gasteiger partial charge is 0.00966 e. The second-order valence-electron chi connectivity index (χ2n) is 7.87. The lowest BCUT2D eigenvalue weighted by Crippen LogP contribution is -2.43. The highest BCUT2D eigenvalue weighted by Gasteiger charge is 2.33. The summed E-state index contributed by atoms with van der Waals surface area (Å²) in [6.45, 7) is 7.95. The van der Waals surface area contributed by atoms with Crippen LogP contribution in [0.5, 0.6) is 0 Å². The van der Waals surface area contributed by atoms with E-state index in [1.807, 2.05) is 0 Å². The van der Waals surface area contributed by atoms with Crippen molar-refractivity contribution in [2.45, 2.75) is 70.3 Å². The Morgan fingerprint density at radius 2 is 1.80 bits per heavy atom. The molecule has 2 aliphatic carbocycles. The van der Waals surface area contributed by atoms with E-state index in [-0.39, 0.29) is 5.54 Å². The summed E-state index contributed by atoms with van der Waals surface area (Å²) in [6, 6.07) is 9.50. The van der Waals surface area contributed by atoms with E-state index in [9.17, 15) is 0 Å². The Hall–Kier alpha value is -0.820. The van der Waals surface area contributed by atoms with Gasteiger partial charge < -0.3 is 5.32 Å². The average molecular weight is 271 g/mol. The lowest BCUT2D eigenvalue weighted by Gasteiger charge is -2.39. The van der Waals surface area contributed by atoms with Crippen molar-refractivity contribution in [3.8, 4) is 0 Å². The van der Waals surface area contributed by atoms with Gasteiger partial charge in [-0.05, 0) is 81.9 Å². The van der Waals surface area contributed by atoms with Gasteiger partial charge in [0.05, 0.1) is 0 Å². The van der Waals surface area contributed by atoms with Gasteiger partial charge in [0, 0.05) is 5.54 Å². The molecule has 0 aliphatic heterocycles. The van der Waals surface area contributed by atoms with Gasteiger partial charge in [0.25, 0.3) is 0 Å². The molecule has 2 saturated carbocycles. The quantitative estimate of drug-likeness (QED) is 0.826. The summed E-state index contributed by atoms with van der Waals surface area (Å²) in [5.74, 6) is 2.50. The van der Waals surface area contributed by atoms with Crippen molar-refractivity contribution in [2.75, 3.05) is 6.54 Å². The van der Waals surface area contributed by atoms with E-state index >= 15 is 0 Å². The minimum atomic E-state index is 0.244. The highest BCUT2D eigenvalue weighted by atomic mass is 14.9. The predicted octanol–water partition coefficient (Wildman–Crippen LogP) is 4.84. The molecule has 2 fully saturated rings. The molecule has 2 atom stereocenters. The number of hydrogen-bond donors (Lipinski definition) is 1. The Balaban J connectivity index is 1.63. The lowest BCUT2D eigenvalue weighted by atomic mass is 9.69. The largest absolute Gasteiger partial charge is 0.312 e. The van der Waals surface area contributed by atoms with Crippen molar-refractivity contribution in [3.63, 3.8) is 0 Å². The summed E-state index contributed by atoms with van der Waals surface area (Å²) < 4.78 is 0. The van der Waals surface area contributed by atoms with Crippen LogP contribution in [-0.4, -0.2) is 12.1 Å². The van der Waals surface area contributed by atoms with E-state index < -0.39 is 0 Å². The fraction of sp³-hybridized carbons (Fsp3) is 0.684. The molecule has 0 aromatic heterocycles. The van der Waals surface area contributed by atoms with Gasteiger partial charge in [0.15, 0.2) is 0 Å². The fourth-order valence-electron chi connectivity index (χ4n) is 3.47. The van der Waals surface area contributed by atoms with Crippen LogP contribution < -0.4 is 5.32 Å². The topological polar surface area (TPSA) is 12.0 Å². The number of rotatable bonds is 4. The van der Waals surface area contributed by atoms with Gasteiger partial charge in [-0.2, -0.15) is 0 Å². The maximum atomic E-state index is 3.68. The zero-order valence-electron chi connectivity index (χ0n) is 13.3. The number of nitrogens with one attached hydrogen (secondary N) is 1. The fourth-order valence-corrected chi connectivity index (χ4v) is 3.47. The maximum absolute atomic E-state index is 3.68. The third-order valence-electron chi connectivity index (χ3n) is 5.23. The summed E-state index contributed by atoms with van der Waals surface area (Å²) in [4.78, 5) is 0. The van der Waals surface area contributed by atoms with Gasteiger partial charge in [0.2, 0.25) is 0 Å². The first-order valence-electron chi connectivity index (χ1n) is 8.38. The van der Waals surface area contributed by atoms with Gasteiger partial charge in [-0.1, -0.05) is 30.7 Å². The van der Waals surface area contributed by atoms with E-state index in [1.54, 1.807) is 11.1 Å². The van der Waals surface area contributed by atoms with Crippen molar-refractivity contribution in [3.05, 3.63) is 35.4 Å². The Morgan fingerprint density at radius 3 is 2.35 bits per heavy atom. The first kappa shape index (κ1) is 14.1. The Bertz CT molecular complexity index is 453. The molecule has 2 unspecified atom stereocenters. The molecule has 0 heterocycles. The van der Waals surface area contributed by atoms with Gasteiger partial charge in [-0.15, -0.1) is 0 Å². The predicted molar refractivity (Wildman–Crippen MR) is 86.3 cm³/mol. The van der Waals surface area contributed by atoms with Gasteiger partial charge in [-0.25, -0.2) is 0 Å². The van der Waals surface area contributed by atoms with E-state index in [4.69, 9.17) is 0 Å². The number of hydrogen-bond acceptors (Lipinski definition) is 1. The van der Waals surface area contributed by atoms with E-state index in [1.165, 1.54) is 38.6 Å². The highest BCUT2D eigenvalue weighted by molar-refractivity contribution is 5.31. The van der Waals surface area contributed by atoms with Gasteiger partial charge in [-0.3, -0.25) is 0 Å². The van der Waals surface area contributed by atoms with E-state index in [0.29, 0.717) is 0 Å². The van der Waals surface area contributed by atoms with Crippen LogP contribution in [0.4, 0.5) is 0 Å². The summed E-state index contributed by atoms with van der Waals surface area (Å²) in [7, 11) is 0. The minimum absolute atomic E-state index is 0.244. The van der Waals surface area contributed by atoms with E-state index in [2.05, 4.69) is 50.4 Å². The summed E-state index contributed by atoms with van der Waals surface area (Å²) >= 11 is 0. The molecular formula is C19H29N. The van der Waals surface area contributed by atoms with Crippen molar-refractivity contribution in [1.82, 2.24) is 5.32 Å². The second-order valence-corrected chi connectivity index (χ2v) is 7.87. The van der Waals surface area contributed by atoms with Crippen LogP contribution in [-0.2, 0) is 0 Å². The zero-order chi connectivity index (χ0) is 14.2. The molecule has 0 saturated heterocycles. The molecule has 0 spiro atoms. The molecule has 1 aromatic rings. The molecule has 0 amide bonds. The minimum Gasteiger partial charge on any atom is -0.312 e. The lowest BCUT2D eigenvalue weighted by molar-refractivity contribution is 0.225. The SMILES string of the molecule is CC(C)(C)NCC1CCC1c1cccc(C2CCC2)c1. The van der Waals surface area contributed by atoms with Crippen LogP contribution in [0.2, 0.25) is 0 Å². The molecule has 110 valence electrons. The molecule has 20 heavy (non-hydrogen) atoms. The van der Waals surface area contributed by atoms with Crippen LogP contribution in [0, 0.1) is 5.92 Å². The average Bonchev–Trinajstić information content (AvgIpc) is 2.24. The van der Waals surface area contributed by atoms with Crippen molar-refractivity contribution < 1.29 is 0 Å². The molecular weight excluding hydrogens is 242 g/mol. The Kier molecular flexibility index (Phi) is 3.90. The molecule has 1 N–H and O–H groups in total. The van der Waals surface area contributed by atoms with Crippen LogP contribution in [0.15, 0.2) is 24.3 Å². The standard InChI is InChI=1S/C19H29N/c1-19(2,3)20-13-17-10-11-18(17)16-9-5-8-15(12-16)14-6-4-7-14/h5,8-9,12,14,17-18,20H,4,6-7,10-11,13H2,1-3H3. The van der Waals surface area contributed by atoms with Crippen molar-refractivity contribution in [1.29, 1.82) is 0 Å². The Morgan fingerprint density at radius 1 is 1.05 bits per heavy atom. The highest BCUT2D eigenvalue weighted by Crippen LogP contribution is 2.44. The van der Waals surface area contributed by atoms with E-state index in [0.717, 1.165) is 17.8 Å². The van der Waals surface area contributed by atoms with Crippen LogP contribution in [0.3, 0.4) is 0 Å². The van der Waals surface area contributed by atoms with Crippen LogP contribution >= 0.6 is 0 Å².